The molecule has 0 N–H and O–H groups in total. The summed E-state index contributed by atoms with van der Waals surface area (Å²) < 4.78 is 22.0. The minimum atomic E-state index is -4.38. The van der Waals surface area contributed by atoms with Crippen LogP contribution in [-0.4, -0.2) is 5.60 Å². The number of phosphoric ester groups is 1. The van der Waals surface area contributed by atoms with E-state index in [1.165, 1.54) is 0 Å². The first-order chi connectivity index (χ1) is 8.41. The van der Waals surface area contributed by atoms with Crippen molar-refractivity contribution in [3.05, 3.63) is 29.8 Å². The molecule has 108 valence electrons. The largest absolute Gasteiger partial charge is 0.746 e. The Morgan fingerprint density at radius 2 is 1.58 bits per heavy atom. The highest BCUT2D eigenvalue weighted by atomic mass is 31.2. The van der Waals surface area contributed by atoms with Crippen molar-refractivity contribution in [3.63, 3.8) is 0 Å². The summed E-state index contributed by atoms with van der Waals surface area (Å²) in [5.74, 6) is 0.317. The summed E-state index contributed by atoms with van der Waals surface area (Å²) in [6.07, 6.45) is 0. The van der Waals surface area contributed by atoms with Gasteiger partial charge in [-0.2, -0.15) is 0 Å². The van der Waals surface area contributed by atoms with Gasteiger partial charge in [0.15, 0.2) is 0 Å². The van der Waals surface area contributed by atoms with E-state index in [1.54, 1.807) is 32.9 Å². The van der Waals surface area contributed by atoms with Gasteiger partial charge in [-0.1, -0.05) is 39.0 Å². The molecule has 1 atom stereocenters. The maximum atomic E-state index is 11.9. The lowest BCUT2D eigenvalue weighted by Crippen LogP contribution is -2.24. The quantitative estimate of drug-likeness (QED) is 0.795. The molecule has 4 nitrogen and oxygen atoms in total. The molecule has 1 rings (SSSR count). The van der Waals surface area contributed by atoms with Crippen molar-refractivity contribution in [1.82, 2.24) is 0 Å². The first-order valence-corrected chi connectivity index (χ1v) is 7.68. The van der Waals surface area contributed by atoms with Crippen LogP contribution >= 0.6 is 7.82 Å². The van der Waals surface area contributed by atoms with E-state index in [4.69, 9.17) is 9.05 Å². The lowest BCUT2D eigenvalue weighted by molar-refractivity contribution is -0.225. The molecule has 0 aliphatic rings. The Morgan fingerprint density at radius 1 is 1.05 bits per heavy atom. The van der Waals surface area contributed by atoms with Gasteiger partial charge in [0.2, 0.25) is 0 Å². The fourth-order valence-electron chi connectivity index (χ4n) is 1.64. The second-order valence-electron chi connectivity index (χ2n) is 6.49. The van der Waals surface area contributed by atoms with E-state index in [-0.39, 0.29) is 5.41 Å². The summed E-state index contributed by atoms with van der Waals surface area (Å²) in [5.41, 5.74) is -0.199. The maximum absolute atomic E-state index is 11.9. The van der Waals surface area contributed by atoms with Crippen LogP contribution in [0.25, 0.3) is 0 Å². The Balaban J connectivity index is 3.04. The number of benzene rings is 1. The van der Waals surface area contributed by atoms with Gasteiger partial charge in [-0.3, -0.25) is 4.57 Å². The zero-order chi connectivity index (χ0) is 14.9. The molecule has 1 aromatic carbocycles. The molecule has 0 radical (unpaired) electrons. The third-order valence-electron chi connectivity index (χ3n) is 2.29. The number of rotatable bonds is 3. The Labute approximate surface area is 115 Å². The molecule has 0 bridgehead atoms. The number of hydrogen-bond donors (Lipinski definition) is 0. The zero-order valence-electron chi connectivity index (χ0n) is 12.4. The van der Waals surface area contributed by atoms with Gasteiger partial charge in [-0.25, -0.2) is 0 Å². The van der Waals surface area contributed by atoms with Crippen LogP contribution in [0.4, 0.5) is 0 Å². The Hall–Kier alpha value is -0.830. The molecule has 1 aromatic rings. The van der Waals surface area contributed by atoms with E-state index in [0.717, 1.165) is 5.56 Å². The molecule has 0 spiro atoms. The van der Waals surface area contributed by atoms with Crippen molar-refractivity contribution >= 4 is 7.82 Å². The highest BCUT2D eigenvalue weighted by Crippen LogP contribution is 2.46. The highest BCUT2D eigenvalue weighted by molar-refractivity contribution is 7.46. The van der Waals surface area contributed by atoms with E-state index in [0.29, 0.717) is 5.75 Å². The van der Waals surface area contributed by atoms with Crippen LogP contribution < -0.4 is 9.42 Å². The molecule has 5 heteroatoms. The van der Waals surface area contributed by atoms with Crippen LogP contribution in [-0.2, 0) is 14.5 Å². The average molecular weight is 285 g/mol. The van der Waals surface area contributed by atoms with Gasteiger partial charge >= 0.3 is 7.82 Å². The van der Waals surface area contributed by atoms with E-state index in [9.17, 15) is 9.46 Å². The molecular weight excluding hydrogens is 263 g/mol. The SMILES string of the molecule is CC(C)(C)OP(=O)([O-])Oc1ccccc1C(C)(C)C. The molecule has 0 saturated heterocycles. The fourth-order valence-corrected chi connectivity index (χ4v) is 2.75. The lowest BCUT2D eigenvalue weighted by Gasteiger charge is -2.32. The zero-order valence-corrected chi connectivity index (χ0v) is 13.3. The van der Waals surface area contributed by atoms with Crippen LogP contribution in [0, 0.1) is 0 Å². The summed E-state index contributed by atoms with van der Waals surface area (Å²) in [7, 11) is -4.38. The predicted molar refractivity (Wildman–Crippen MR) is 74.2 cm³/mol. The molecular formula is C14H22O4P-. The van der Waals surface area contributed by atoms with Crippen molar-refractivity contribution in [1.29, 1.82) is 0 Å². The molecule has 0 saturated carbocycles. The van der Waals surface area contributed by atoms with E-state index >= 15 is 0 Å². The molecule has 0 fully saturated rings. The average Bonchev–Trinajstić information content (AvgIpc) is 2.11. The van der Waals surface area contributed by atoms with E-state index in [1.807, 2.05) is 32.9 Å². The molecule has 0 aliphatic heterocycles. The summed E-state index contributed by atoms with van der Waals surface area (Å²) >= 11 is 0. The van der Waals surface area contributed by atoms with Gasteiger partial charge in [0.1, 0.15) is 5.75 Å². The number of phosphoric acid groups is 1. The minimum Gasteiger partial charge on any atom is -0.746 e. The van der Waals surface area contributed by atoms with E-state index < -0.39 is 13.4 Å². The van der Waals surface area contributed by atoms with Crippen molar-refractivity contribution in [2.24, 2.45) is 0 Å². The first kappa shape index (κ1) is 16.2. The Morgan fingerprint density at radius 3 is 2.05 bits per heavy atom. The van der Waals surface area contributed by atoms with Gasteiger partial charge < -0.3 is 13.9 Å². The summed E-state index contributed by atoms with van der Waals surface area (Å²) in [4.78, 5) is 11.9. The molecule has 0 heterocycles. The third-order valence-corrected chi connectivity index (χ3v) is 3.48. The first-order valence-electron chi connectivity index (χ1n) is 6.22. The van der Waals surface area contributed by atoms with Gasteiger partial charge in [0.25, 0.3) is 0 Å². The second kappa shape index (κ2) is 5.28. The van der Waals surface area contributed by atoms with Gasteiger partial charge in [0.05, 0.1) is 5.60 Å². The van der Waals surface area contributed by atoms with Crippen molar-refractivity contribution in [2.75, 3.05) is 0 Å². The summed E-state index contributed by atoms with van der Waals surface area (Å²) in [6.45, 7) is 11.0. The molecule has 0 aromatic heterocycles. The van der Waals surface area contributed by atoms with Crippen LogP contribution in [0.5, 0.6) is 5.75 Å². The summed E-state index contributed by atoms with van der Waals surface area (Å²) in [6, 6.07) is 7.08. The van der Waals surface area contributed by atoms with Crippen molar-refractivity contribution in [2.45, 2.75) is 52.6 Å². The van der Waals surface area contributed by atoms with Gasteiger partial charge in [-0.05, 0) is 37.8 Å². The van der Waals surface area contributed by atoms with E-state index in [2.05, 4.69) is 0 Å². The lowest BCUT2D eigenvalue weighted by atomic mass is 9.86. The summed E-state index contributed by atoms with van der Waals surface area (Å²) in [5, 5.41) is 0. The van der Waals surface area contributed by atoms with Gasteiger partial charge in [0, 0.05) is 0 Å². The predicted octanol–water partition coefficient (Wildman–Crippen LogP) is 3.65. The molecule has 0 amide bonds. The molecule has 19 heavy (non-hydrogen) atoms. The smallest absolute Gasteiger partial charge is 0.320 e. The number of para-hydroxylation sites is 1. The highest BCUT2D eigenvalue weighted by Gasteiger charge is 2.25. The van der Waals surface area contributed by atoms with Crippen LogP contribution in [0.15, 0.2) is 24.3 Å². The third kappa shape index (κ3) is 5.35. The molecule has 0 aliphatic carbocycles. The monoisotopic (exact) mass is 285 g/mol. The number of hydrogen-bond acceptors (Lipinski definition) is 4. The van der Waals surface area contributed by atoms with Crippen LogP contribution in [0.3, 0.4) is 0 Å². The Bertz CT molecular complexity index is 483. The van der Waals surface area contributed by atoms with Crippen LogP contribution in [0.2, 0.25) is 0 Å². The van der Waals surface area contributed by atoms with Crippen molar-refractivity contribution < 1.29 is 18.5 Å². The topological polar surface area (TPSA) is 58.6 Å². The second-order valence-corrected chi connectivity index (χ2v) is 7.75. The Kier molecular flexibility index (Phi) is 4.51. The van der Waals surface area contributed by atoms with Crippen molar-refractivity contribution in [3.8, 4) is 5.75 Å². The van der Waals surface area contributed by atoms with Gasteiger partial charge in [-0.15, -0.1) is 0 Å². The standard InChI is InChI=1S/C14H23O4P/c1-13(2,3)11-9-7-8-10-12(11)17-19(15,16)18-14(4,5)6/h7-10H,1-6H3,(H,15,16)/p-1. The fraction of sp³-hybridized carbons (Fsp3) is 0.571. The minimum absolute atomic E-state index is 0.210. The van der Waals surface area contributed by atoms with Crippen LogP contribution in [0.1, 0.15) is 47.1 Å². The normalized spacial score (nSPS) is 15.9. The molecule has 1 unspecified atom stereocenters. The maximum Gasteiger partial charge on any atom is 0.320 e.